The Morgan fingerprint density at radius 2 is 2.35 bits per heavy atom. The van der Waals surface area contributed by atoms with Gasteiger partial charge in [0, 0.05) is 24.8 Å². The number of aromatic nitrogens is 1. The lowest BCUT2D eigenvalue weighted by atomic mass is 10.2. The van der Waals surface area contributed by atoms with Crippen LogP contribution in [0.25, 0.3) is 0 Å². The van der Waals surface area contributed by atoms with Gasteiger partial charge in [-0.3, -0.25) is 4.79 Å². The molecule has 1 heterocycles. The Balaban J connectivity index is 2.04. The van der Waals surface area contributed by atoms with Crippen LogP contribution in [0, 0.1) is 0 Å². The Kier molecular flexibility index (Phi) is 3.89. The van der Waals surface area contributed by atoms with Gasteiger partial charge in [-0.15, -0.1) is 0 Å². The third-order valence-electron chi connectivity index (χ3n) is 3.28. The van der Waals surface area contributed by atoms with Gasteiger partial charge >= 0.3 is 0 Å². The van der Waals surface area contributed by atoms with Crippen LogP contribution in [0.1, 0.15) is 29.8 Å². The number of aryl methyl sites for hydroxylation is 1. The van der Waals surface area contributed by atoms with Crippen molar-refractivity contribution in [1.29, 1.82) is 0 Å². The molecular weight excluding hydrogens is 284 g/mol. The van der Waals surface area contributed by atoms with E-state index in [0.717, 1.165) is 23.7 Å². The zero-order valence-corrected chi connectivity index (χ0v) is 11.7. The van der Waals surface area contributed by atoms with Gasteiger partial charge in [-0.25, -0.2) is 0 Å². The molecule has 0 spiro atoms. The molecule has 0 aromatic carbocycles. The Hall–Kier alpha value is -0.810. The number of carbonyl (C=O) groups excluding carboxylic acids is 1. The number of nitrogens with one attached hydrogen (secondary N) is 1. The van der Waals surface area contributed by atoms with E-state index in [1.54, 1.807) is 7.11 Å². The molecule has 1 fully saturated rings. The number of amides is 1. The van der Waals surface area contributed by atoms with E-state index in [-0.39, 0.29) is 18.1 Å². The summed E-state index contributed by atoms with van der Waals surface area (Å²) in [5.41, 5.74) is 0.665. The lowest BCUT2D eigenvalue weighted by Crippen LogP contribution is -2.41. The maximum absolute atomic E-state index is 12.1. The van der Waals surface area contributed by atoms with E-state index in [4.69, 9.17) is 4.74 Å². The Morgan fingerprint density at radius 1 is 1.59 bits per heavy atom. The van der Waals surface area contributed by atoms with Crippen molar-refractivity contribution in [3.05, 3.63) is 22.4 Å². The summed E-state index contributed by atoms with van der Waals surface area (Å²) < 4.78 is 8.10. The smallest absolute Gasteiger partial charge is 0.268 e. The van der Waals surface area contributed by atoms with Gasteiger partial charge in [-0.05, 0) is 41.3 Å². The SMILES string of the molecule is COC1CCCC1NC(=O)c1cc(Br)cn1C. The normalized spacial score (nSPS) is 23.9. The van der Waals surface area contributed by atoms with Crippen LogP contribution in [0.3, 0.4) is 0 Å². The maximum Gasteiger partial charge on any atom is 0.268 e. The van der Waals surface area contributed by atoms with Crippen LogP contribution in [0.5, 0.6) is 0 Å². The molecule has 0 aliphatic heterocycles. The van der Waals surface area contributed by atoms with Crippen molar-refractivity contribution >= 4 is 21.8 Å². The second-order valence-corrected chi connectivity index (χ2v) is 5.36. The van der Waals surface area contributed by atoms with Crippen LogP contribution in [0.15, 0.2) is 16.7 Å². The summed E-state index contributed by atoms with van der Waals surface area (Å²) in [6.07, 6.45) is 5.16. The molecule has 17 heavy (non-hydrogen) atoms. The number of hydrogen-bond acceptors (Lipinski definition) is 2. The molecule has 1 amide bonds. The van der Waals surface area contributed by atoms with E-state index in [2.05, 4.69) is 21.2 Å². The predicted octanol–water partition coefficient (Wildman–Crippen LogP) is 2.08. The minimum atomic E-state index is -0.0350. The van der Waals surface area contributed by atoms with Crippen LogP contribution in [0.4, 0.5) is 0 Å². The van der Waals surface area contributed by atoms with Crippen molar-refractivity contribution in [3.63, 3.8) is 0 Å². The maximum atomic E-state index is 12.1. The summed E-state index contributed by atoms with van der Waals surface area (Å²) in [5.74, 6) is -0.0350. The molecular formula is C12H17BrN2O2. The molecule has 2 rings (SSSR count). The van der Waals surface area contributed by atoms with E-state index in [1.165, 1.54) is 0 Å². The molecule has 2 atom stereocenters. The second kappa shape index (κ2) is 5.23. The first-order valence-corrected chi connectivity index (χ1v) is 6.56. The first-order chi connectivity index (χ1) is 8.11. The molecule has 0 bridgehead atoms. The minimum Gasteiger partial charge on any atom is -0.379 e. The Morgan fingerprint density at radius 3 is 2.94 bits per heavy atom. The fourth-order valence-corrected chi connectivity index (χ4v) is 2.89. The van der Waals surface area contributed by atoms with Crippen molar-refractivity contribution in [2.45, 2.75) is 31.4 Å². The minimum absolute atomic E-state index is 0.0350. The summed E-state index contributed by atoms with van der Waals surface area (Å²) in [4.78, 5) is 12.1. The molecule has 94 valence electrons. The summed E-state index contributed by atoms with van der Waals surface area (Å²) in [6.45, 7) is 0. The molecule has 2 unspecified atom stereocenters. The van der Waals surface area contributed by atoms with Crippen LogP contribution in [-0.4, -0.2) is 29.7 Å². The second-order valence-electron chi connectivity index (χ2n) is 4.44. The van der Waals surface area contributed by atoms with Gasteiger partial charge in [0.25, 0.3) is 5.91 Å². The number of nitrogens with zero attached hydrogens (tertiary/aromatic N) is 1. The molecule has 1 aliphatic carbocycles. The van der Waals surface area contributed by atoms with Crippen molar-refractivity contribution in [2.24, 2.45) is 7.05 Å². The highest BCUT2D eigenvalue weighted by Crippen LogP contribution is 2.22. The third-order valence-corrected chi connectivity index (χ3v) is 3.71. The molecule has 1 N–H and O–H groups in total. The number of carbonyl (C=O) groups is 1. The van der Waals surface area contributed by atoms with Gasteiger partial charge in [0.2, 0.25) is 0 Å². The molecule has 1 aromatic rings. The summed E-state index contributed by atoms with van der Waals surface area (Å²) in [5, 5.41) is 3.04. The zero-order chi connectivity index (χ0) is 12.4. The number of hydrogen-bond donors (Lipinski definition) is 1. The van der Waals surface area contributed by atoms with E-state index in [9.17, 15) is 4.79 Å². The van der Waals surface area contributed by atoms with Gasteiger partial charge in [-0.1, -0.05) is 0 Å². The topological polar surface area (TPSA) is 43.3 Å². The number of ether oxygens (including phenoxy) is 1. The van der Waals surface area contributed by atoms with Gasteiger partial charge in [0.1, 0.15) is 5.69 Å². The van der Waals surface area contributed by atoms with Gasteiger partial charge < -0.3 is 14.6 Å². The van der Waals surface area contributed by atoms with Gasteiger partial charge in [-0.2, -0.15) is 0 Å². The lowest BCUT2D eigenvalue weighted by Gasteiger charge is -2.19. The largest absolute Gasteiger partial charge is 0.379 e. The first-order valence-electron chi connectivity index (χ1n) is 5.77. The lowest BCUT2D eigenvalue weighted by molar-refractivity contribution is 0.0717. The van der Waals surface area contributed by atoms with Gasteiger partial charge in [0.15, 0.2) is 0 Å². The highest BCUT2D eigenvalue weighted by Gasteiger charge is 2.29. The number of methoxy groups -OCH3 is 1. The van der Waals surface area contributed by atoms with Crippen LogP contribution < -0.4 is 5.32 Å². The van der Waals surface area contributed by atoms with Crippen molar-refractivity contribution in [3.8, 4) is 0 Å². The fraction of sp³-hybridized carbons (Fsp3) is 0.583. The summed E-state index contributed by atoms with van der Waals surface area (Å²) in [6, 6.07) is 1.97. The van der Waals surface area contributed by atoms with Crippen LogP contribution in [-0.2, 0) is 11.8 Å². The molecule has 4 nitrogen and oxygen atoms in total. The van der Waals surface area contributed by atoms with E-state index >= 15 is 0 Å². The average Bonchev–Trinajstić information content (AvgIpc) is 2.84. The van der Waals surface area contributed by atoms with Crippen LogP contribution >= 0.6 is 15.9 Å². The van der Waals surface area contributed by atoms with Crippen molar-refractivity contribution < 1.29 is 9.53 Å². The molecule has 1 aliphatic rings. The molecule has 0 saturated heterocycles. The highest BCUT2D eigenvalue weighted by atomic mass is 79.9. The molecule has 0 radical (unpaired) electrons. The predicted molar refractivity (Wildman–Crippen MR) is 69.0 cm³/mol. The zero-order valence-electron chi connectivity index (χ0n) is 10.1. The fourth-order valence-electron chi connectivity index (χ4n) is 2.37. The van der Waals surface area contributed by atoms with E-state index in [1.807, 2.05) is 23.9 Å². The van der Waals surface area contributed by atoms with Crippen molar-refractivity contribution in [2.75, 3.05) is 7.11 Å². The van der Waals surface area contributed by atoms with E-state index in [0.29, 0.717) is 5.69 Å². The Labute approximate surface area is 109 Å². The first kappa shape index (κ1) is 12.6. The molecule has 1 aromatic heterocycles. The standard InChI is InChI=1S/C12H17BrN2O2/c1-15-7-8(13)6-10(15)12(16)14-9-4-3-5-11(9)17-2/h6-7,9,11H,3-5H2,1-2H3,(H,14,16). The average molecular weight is 301 g/mol. The van der Waals surface area contributed by atoms with Crippen LogP contribution in [0.2, 0.25) is 0 Å². The van der Waals surface area contributed by atoms with Crippen molar-refractivity contribution in [1.82, 2.24) is 9.88 Å². The monoisotopic (exact) mass is 300 g/mol. The summed E-state index contributed by atoms with van der Waals surface area (Å²) in [7, 11) is 3.57. The quantitative estimate of drug-likeness (QED) is 0.929. The number of halogens is 1. The third kappa shape index (κ3) is 2.72. The Bertz CT molecular complexity index is 417. The van der Waals surface area contributed by atoms with E-state index < -0.39 is 0 Å². The highest BCUT2D eigenvalue weighted by molar-refractivity contribution is 9.10. The number of rotatable bonds is 3. The van der Waals surface area contributed by atoms with Gasteiger partial charge in [0.05, 0.1) is 12.1 Å². The summed E-state index contributed by atoms with van der Waals surface area (Å²) >= 11 is 3.36. The molecule has 1 saturated carbocycles. The molecule has 5 heteroatoms.